The number of carbonyl (C=O) groups is 2. The maximum absolute atomic E-state index is 13.3. The van der Waals surface area contributed by atoms with Crippen LogP contribution < -0.4 is 4.90 Å². The Morgan fingerprint density at radius 1 is 1.08 bits per heavy atom. The van der Waals surface area contributed by atoms with E-state index in [1.807, 2.05) is 33.7 Å². The van der Waals surface area contributed by atoms with Gasteiger partial charge >= 0.3 is 5.97 Å². The maximum Gasteiger partial charge on any atom is 0.330 e. The molecule has 38 heavy (non-hydrogen) atoms. The Labute approximate surface area is 225 Å². The molecule has 1 atom stereocenters. The number of halogens is 1. The summed E-state index contributed by atoms with van der Waals surface area (Å²) in [6.07, 6.45) is 3.30. The van der Waals surface area contributed by atoms with E-state index < -0.39 is 27.8 Å². The van der Waals surface area contributed by atoms with E-state index in [1.54, 1.807) is 43.5 Å². The highest BCUT2D eigenvalue weighted by Gasteiger charge is 2.37. The van der Waals surface area contributed by atoms with E-state index in [9.17, 15) is 18.0 Å². The fraction of sp³-hybridized carbons (Fsp3) is 0.296. The maximum atomic E-state index is 13.3. The number of anilines is 1. The highest BCUT2D eigenvalue weighted by atomic mass is 35.5. The van der Waals surface area contributed by atoms with Crippen LogP contribution in [-0.4, -0.2) is 72.6 Å². The zero-order chi connectivity index (χ0) is 26.9. The third-order valence-electron chi connectivity index (χ3n) is 6.71. The lowest BCUT2D eigenvalue weighted by Crippen LogP contribution is -2.59. The standard InChI is InChI=1S/C27H27ClN4O5S/c1-2-37-27(34)23-18-30(25-5-3-4-24-29-11-12-32(24)25)13-14-31(23)26(33)10-15-38(35,36)22-9-7-19-16-21(28)8-6-20(19)17-22/h3-9,11-12,16-17,23H,2,10,13-15,18H2,1H3. The number of carbonyl (C=O) groups excluding carboxylic acids is 2. The van der Waals surface area contributed by atoms with E-state index in [4.69, 9.17) is 16.3 Å². The topological polar surface area (TPSA) is 101 Å². The first-order valence-electron chi connectivity index (χ1n) is 12.3. The van der Waals surface area contributed by atoms with Crippen LogP contribution in [0, 0.1) is 0 Å². The second-order valence-corrected chi connectivity index (χ2v) is 11.6. The van der Waals surface area contributed by atoms with Gasteiger partial charge in [0.25, 0.3) is 0 Å². The molecule has 0 saturated carbocycles. The number of sulfone groups is 1. The van der Waals surface area contributed by atoms with Crippen LogP contribution in [0.5, 0.6) is 0 Å². The summed E-state index contributed by atoms with van der Waals surface area (Å²) in [5, 5.41) is 2.14. The van der Waals surface area contributed by atoms with Crippen molar-refractivity contribution in [2.24, 2.45) is 0 Å². The Morgan fingerprint density at radius 3 is 2.68 bits per heavy atom. The van der Waals surface area contributed by atoms with Gasteiger partial charge in [0.1, 0.15) is 17.5 Å². The van der Waals surface area contributed by atoms with Gasteiger partial charge in [0.05, 0.1) is 23.8 Å². The lowest BCUT2D eigenvalue weighted by molar-refractivity contribution is -0.155. The van der Waals surface area contributed by atoms with Crippen LogP contribution in [0.2, 0.25) is 5.02 Å². The lowest BCUT2D eigenvalue weighted by Gasteiger charge is -2.41. The molecule has 1 unspecified atom stereocenters. The SMILES string of the molecule is CCOC(=O)C1CN(c2cccc3nccn23)CCN1C(=O)CCS(=O)(=O)c1ccc2cc(Cl)ccc2c1. The molecular weight excluding hydrogens is 528 g/mol. The minimum atomic E-state index is -3.73. The quantitative estimate of drug-likeness (QED) is 0.322. The van der Waals surface area contributed by atoms with Gasteiger partial charge in [-0.05, 0) is 54.1 Å². The van der Waals surface area contributed by atoms with Gasteiger partial charge in [0.2, 0.25) is 5.91 Å². The molecule has 1 amide bonds. The third kappa shape index (κ3) is 5.19. The van der Waals surface area contributed by atoms with Crippen molar-refractivity contribution >= 4 is 55.6 Å². The number of hydrogen-bond donors (Lipinski definition) is 0. The van der Waals surface area contributed by atoms with Crippen LogP contribution in [0.4, 0.5) is 5.82 Å². The van der Waals surface area contributed by atoms with Crippen molar-refractivity contribution in [3.05, 3.63) is 72.0 Å². The molecule has 0 spiro atoms. The molecule has 0 N–H and O–H groups in total. The smallest absolute Gasteiger partial charge is 0.330 e. The number of pyridine rings is 1. The Hall–Kier alpha value is -3.63. The number of rotatable bonds is 7. The number of fused-ring (bicyclic) bond motifs is 2. The largest absolute Gasteiger partial charge is 0.464 e. The van der Waals surface area contributed by atoms with E-state index in [0.717, 1.165) is 22.2 Å². The first-order valence-corrected chi connectivity index (χ1v) is 14.3. The average molecular weight is 555 g/mol. The van der Waals surface area contributed by atoms with E-state index in [2.05, 4.69) is 4.98 Å². The number of amides is 1. The molecule has 1 fully saturated rings. The summed E-state index contributed by atoms with van der Waals surface area (Å²) >= 11 is 6.02. The predicted octanol–water partition coefficient (Wildman–Crippen LogP) is 3.59. The second kappa shape index (κ2) is 10.6. The molecule has 1 aliphatic rings. The highest BCUT2D eigenvalue weighted by Crippen LogP contribution is 2.25. The Morgan fingerprint density at radius 2 is 1.87 bits per heavy atom. The molecule has 198 valence electrons. The number of benzene rings is 2. The van der Waals surface area contributed by atoms with Crippen LogP contribution >= 0.6 is 11.6 Å². The molecule has 0 aliphatic carbocycles. The van der Waals surface area contributed by atoms with E-state index in [-0.39, 0.29) is 36.8 Å². The van der Waals surface area contributed by atoms with Gasteiger partial charge in [0, 0.05) is 36.9 Å². The zero-order valence-corrected chi connectivity index (χ0v) is 22.4. The number of nitrogens with zero attached hydrogens (tertiary/aromatic N) is 4. The van der Waals surface area contributed by atoms with Crippen molar-refractivity contribution in [3.63, 3.8) is 0 Å². The van der Waals surface area contributed by atoms with E-state index in [0.29, 0.717) is 11.6 Å². The molecule has 4 aromatic rings. The number of aromatic nitrogens is 2. The third-order valence-corrected chi connectivity index (χ3v) is 8.66. The van der Waals surface area contributed by atoms with Gasteiger partial charge in [-0.3, -0.25) is 9.20 Å². The van der Waals surface area contributed by atoms with Crippen molar-refractivity contribution in [2.75, 3.05) is 36.9 Å². The van der Waals surface area contributed by atoms with Gasteiger partial charge < -0.3 is 14.5 Å². The zero-order valence-electron chi connectivity index (χ0n) is 20.8. The molecule has 1 aliphatic heterocycles. The van der Waals surface area contributed by atoms with Gasteiger partial charge in [0.15, 0.2) is 9.84 Å². The molecule has 11 heteroatoms. The van der Waals surface area contributed by atoms with Crippen molar-refractivity contribution in [1.29, 1.82) is 0 Å². The summed E-state index contributed by atoms with van der Waals surface area (Å²) in [5.41, 5.74) is 0.774. The van der Waals surface area contributed by atoms with Crippen LogP contribution in [0.25, 0.3) is 16.4 Å². The number of imidazole rings is 1. The summed E-state index contributed by atoms with van der Waals surface area (Å²) in [6.45, 7) is 2.84. The summed E-state index contributed by atoms with van der Waals surface area (Å²) in [5.74, 6) is -0.435. The Bertz CT molecular complexity index is 1620. The van der Waals surface area contributed by atoms with Crippen molar-refractivity contribution < 1.29 is 22.7 Å². The van der Waals surface area contributed by atoms with Crippen LogP contribution in [-0.2, 0) is 24.2 Å². The summed E-state index contributed by atoms with van der Waals surface area (Å²) in [4.78, 5) is 34.1. The van der Waals surface area contributed by atoms with Crippen LogP contribution in [0.15, 0.2) is 71.9 Å². The summed E-state index contributed by atoms with van der Waals surface area (Å²) < 4.78 is 33.4. The molecular formula is C27H27ClN4O5S. The highest BCUT2D eigenvalue weighted by molar-refractivity contribution is 7.91. The average Bonchev–Trinajstić information content (AvgIpc) is 3.40. The fourth-order valence-electron chi connectivity index (χ4n) is 4.79. The Kier molecular flexibility index (Phi) is 7.27. The Balaban J connectivity index is 1.32. The molecule has 9 nitrogen and oxygen atoms in total. The molecule has 0 radical (unpaired) electrons. The van der Waals surface area contributed by atoms with Crippen LogP contribution in [0.1, 0.15) is 13.3 Å². The van der Waals surface area contributed by atoms with Gasteiger partial charge in [-0.15, -0.1) is 0 Å². The first-order chi connectivity index (χ1) is 18.3. The molecule has 3 heterocycles. The van der Waals surface area contributed by atoms with Crippen molar-refractivity contribution in [2.45, 2.75) is 24.3 Å². The minimum Gasteiger partial charge on any atom is -0.464 e. The molecule has 2 aromatic heterocycles. The van der Waals surface area contributed by atoms with Crippen LogP contribution in [0.3, 0.4) is 0 Å². The summed E-state index contributed by atoms with van der Waals surface area (Å²) in [7, 11) is -3.73. The molecule has 1 saturated heterocycles. The van der Waals surface area contributed by atoms with E-state index >= 15 is 0 Å². The van der Waals surface area contributed by atoms with Gasteiger partial charge in [-0.2, -0.15) is 0 Å². The fourth-order valence-corrected chi connectivity index (χ4v) is 6.23. The molecule has 2 aromatic carbocycles. The van der Waals surface area contributed by atoms with E-state index in [1.165, 1.54) is 11.0 Å². The first kappa shape index (κ1) is 26.0. The van der Waals surface area contributed by atoms with Gasteiger partial charge in [-0.25, -0.2) is 18.2 Å². The van der Waals surface area contributed by atoms with Gasteiger partial charge in [-0.1, -0.05) is 29.8 Å². The molecule has 0 bridgehead atoms. The number of esters is 1. The van der Waals surface area contributed by atoms with Crippen molar-refractivity contribution in [3.8, 4) is 0 Å². The minimum absolute atomic E-state index is 0.139. The molecule has 5 rings (SSSR count). The van der Waals surface area contributed by atoms with Crippen molar-refractivity contribution in [1.82, 2.24) is 14.3 Å². The lowest BCUT2D eigenvalue weighted by atomic mass is 10.1. The summed E-state index contributed by atoms with van der Waals surface area (Å²) in [6, 6.07) is 14.9. The predicted molar refractivity (Wildman–Crippen MR) is 145 cm³/mol. The monoisotopic (exact) mass is 554 g/mol. The normalized spacial score (nSPS) is 16.2. The number of piperazine rings is 1. The second-order valence-electron chi connectivity index (χ2n) is 9.06. The number of ether oxygens (including phenoxy) is 1. The number of hydrogen-bond acceptors (Lipinski definition) is 7.